The van der Waals surface area contributed by atoms with E-state index in [4.69, 9.17) is 0 Å². The van der Waals surface area contributed by atoms with Crippen molar-refractivity contribution in [2.75, 3.05) is 7.05 Å². The lowest BCUT2D eigenvalue weighted by molar-refractivity contribution is -0.0499. The van der Waals surface area contributed by atoms with Gasteiger partial charge in [-0.2, -0.15) is 8.78 Å². The number of ether oxygens (including phenoxy) is 1. The zero-order chi connectivity index (χ0) is 11.7. The summed E-state index contributed by atoms with van der Waals surface area (Å²) in [5.74, 6) is 0.705. The van der Waals surface area contributed by atoms with Gasteiger partial charge in [0.2, 0.25) is 0 Å². The van der Waals surface area contributed by atoms with Crippen LogP contribution in [-0.4, -0.2) is 13.7 Å². The van der Waals surface area contributed by atoms with Gasteiger partial charge in [0.1, 0.15) is 5.75 Å². The van der Waals surface area contributed by atoms with Gasteiger partial charge >= 0.3 is 6.61 Å². The van der Waals surface area contributed by atoms with E-state index in [0.717, 1.165) is 12.0 Å². The number of alkyl halides is 2. The molecular weight excluding hydrogens is 212 g/mol. The van der Waals surface area contributed by atoms with Crippen molar-refractivity contribution in [2.24, 2.45) is 0 Å². The third kappa shape index (κ3) is 2.02. The van der Waals surface area contributed by atoms with Crippen molar-refractivity contribution in [1.82, 2.24) is 5.32 Å². The van der Waals surface area contributed by atoms with Gasteiger partial charge in [-0.15, -0.1) is 0 Å². The summed E-state index contributed by atoms with van der Waals surface area (Å²) in [5, 5.41) is 3.19. The van der Waals surface area contributed by atoms with E-state index in [9.17, 15) is 8.78 Å². The molecule has 0 saturated carbocycles. The Morgan fingerprint density at radius 3 is 2.75 bits per heavy atom. The predicted molar refractivity (Wildman–Crippen MR) is 57.9 cm³/mol. The first-order valence-corrected chi connectivity index (χ1v) is 5.37. The highest BCUT2D eigenvalue weighted by atomic mass is 19.3. The predicted octanol–water partition coefficient (Wildman–Crippen LogP) is 3.06. The Morgan fingerprint density at radius 2 is 2.12 bits per heavy atom. The van der Waals surface area contributed by atoms with E-state index in [1.54, 1.807) is 12.1 Å². The number of hydrogen-bond donors (Lipinski definition) is 1. The number of nitrogens with one attached hydrogen (secondary N) is 1. The van der Waals surface area contributed by atoms with E-state index in [0.29, 0.717) is 5.92 Å². The number of fused-ring (bicyclic) bond motifs is 1. The minimum absolute atomic E-state index is 0.239. The first-order valence-electron chi connectivity index (χ1n) is 5.37. The first-order chi connectivity index (χ1) is 7.61. The zero-order valence-corrected chi connectivity index (χ0v) is 9.34. The van der Waals surface area contributed by atoms with Gasteiger partial charge in [0.15, 0.2) is 0 Å². The molecule has 0 radical (unpaired) electrons. The Hall–Kier alpha value is -1.16. The molecule has 0 bridgehead atoms. The molecule has 16 heavy (non-hydrogen) atoms. The van der Waals surface area contributed by atoms with Crippen molar-refractivity contribution in [2.45, 2.75) is 31.9 Å². The lowest BCUT2D eigenvalue weighted by Gasteiger charge is -2.11. The SMILES string of the molecule is CNC1CC(C)c2ccc(OC(F)F)cc21. The van der Waals surface area contributed by atoms with Gasteiger partial charge < -0.3 is 10.1 Å². The fourth-order valence-electron chi connectivity index (χ4n) is 2.36. The van der Waals surface area contributed by atoms with Crippen LogP contribution >= 0.6 is 0 Å². The molecule has 2 unspecified atom stereocenters. The molecule has 0 spiro atoms. The van der Waals surface area contributed by atoms with E-state index in [-0.39, 0.29) is 11.8 Å². The molecule has 1 aromatic carbocycles. The van der Waals surface area contributed by atoms with Crippen LogP contribution in [0.1, 0.15) is 36.4 Å². The van der Waals surface area contributed by atoms with Gasteiger partial charge in [0, 0.05) is 6.04 Å². The van der Waals surface area contributed by atoms with Gasteiger partial charge in [-0.25, -0.2) is 0 Å². The van der Waals surface area contributed by atoms with E-state index >= 15 is 0 Å². The fraction of sp³-hybridized carbons (Fsp3) is 0.500. The summed E-state index contributed by atoms with van der Waals surface area (Å²) in [6, 6.07) is 5.45. The highest BCUT2D eigenvalue weighted by Crippen LogP contribution is 2.41. The summed E-state index contributed by atoms with van der Waals surface area (Å²) in [6.07, 6.45) is 1.00. The van der Waals surface area contributed by atoms with Crippen molar-refractivity contribution in [3.63, 3.8) is 0 Å². The van der Waals surface area contributed by atoms with Crippen LogP contribution in [-0.2, 0) is 0 Å². The largest absolute Gasteiger partial charge is 0.435 e. The number of halogens is 2. The highest BCUT2D eigenvalue weighted by molar-refractivity contribution is 5.43. The molecular formula is C12H15F2NO. The minimum Gasteiger partial charge on any atom is -0.435 e. The van der Waals surface area contributed by atoms with Gasteiger partial charge in [-0.05, 0) is 42.6 Å². The smallest absolute Gasteiger partial charge is 0.387 e. The lowest BCUT2D eigenvalue weighted by Crippen LogP contribution is -2.13. The number of benzene rings is 1. The van der Waals surface area contributed by atoms with Gasteiger partial charge in [-0.1, -0.05) is 13.0 Å². The van der Waals surface area contributed by atoms with Crippen molar-refractivity contribution in [3.8, 4) is 5.75 Å². The van der Waals surface area contributed by atoms with Crippen LogP contribution in [0.5, 0.6) is 5.75 Å². The first kappa shape index (κ1) is 11.3. The normalized spacial score (nSPS) is 23.6. The van der Waals surface area contributed by atoms with Crippen LogP contribution in [0.4, 0.5) is 8.78 Å². The van der Waals surface area contributed by atoms with Crippen LogP contribution in [0.3, 0.4) is 0 Å². The summed E-state index contributed by atoms with van der Waals surface area (Å²) < 4.78 is 28.6. The molecule has 2 nitrogen and oxygen atoms in total. The molecule has 0 aliphatic heterocycles. The minimum atomic E-state index is -2.76. The molecule has 2 atom stereocenters. The second-order valence-corrected chi connectivity index (χ2v) is 4.15. The summed E-state index contributed by atoms with van der Waals surface area (Å²) >= 11 is 0. The fourth-order valence-corrected chi connectivity index (χ4v) is 2.36. The lowest BCUT2D eigenvalue weighted by atomic mass is 10.0. The standard InChI is InChI=1S/C12H15F2NO/c1-7-5-11(15-2)10-6-8(16-12(13)14)3-4-9(7)10/h3-4,6-7,11-12,15H,5H2,1-2H3. The van der Waals surface area contributed by atoms with Crippen LogP contribution in [0, 0.1) is 0 Å². The molecule has 1 N–H and O–H groups in total. The maximum Gasteiger partial charge on any atom is 0.387 e. The van der Waals surface area contributed by atoms with Crippen LogP contribution in [0.15, 0.2) is 18.2 Å². The summed E-state index contributed by atoms with van der Waals surface area (Å²) in [7, 11) is 1.88. The van der Waals surface area contributed by atoms with E-state index in [2.05, 4.69) is 17.0 Å². The Kier molecular flexibility index (Phi) is 3.10. The monoisotopic (exact) mass is 227 g/mol. The van der Waals surface area contributed by atoms with Crippen LogP contribution in [0.25, 0.3) is 0 Å². The Balaban J connectivity index is 2.30. The molecule has 0 aromatic heterocycles. The second-order valence-electron chi connectivity index (χ2n) is 4.15. The van der Waals surface area contributed by atoms with Crippen molar-refractivity contribution < 1.29 is 13.5 Å². The third-order valence-corrected chi connectivity index (χ3v) is 3.13. The summed E-state index contributed by atoms with van der Waals surface area (Å²) in [4.78, 5) is 0. The van der Waals surface area contributed by atoms with Crippen molar-refractivity contribution in [3.05, 3.63) is 29.3 Å². The topological polar surface area (TPSA) is 21.3 Å². The van der Waals surface area contributed by atoms with Crippen molar-refractivity contribution in [1.29, 1.82) is 0 Å². The van der Waals surface area contributed by atoms with Gasteiger partial charge in [0.05, 0.1) is 0 Å². The molecule has 4 heteroatoms. The third-order valence-electron chi connectivity index (χ3n) is 3.13. The highest BCUT2D eigenvalue weighted by Gasteiger charge is 2.27. The molecule has 0 heterocycles. The average molecular weight is 227 g/mol. The Bertz CT molecular complexity index is 381. The van der Waals surface area contributed by atoms with Gasteiger partial charge in [-0.3, -0.25) is 0 Å². The maximum absolute atomic E-state index is 12.1. The molecule has 1 aliphatic rings. The Morgan fingerprint density at radius 1 is 1.38 bits per heavy atom. The Labute approximate surface area is 93.6 Å². The molecule has 88 valence electrons. The molecule has 2 rings (SSSR count). The van der Waals surface area contributed by atoms with E-state index in [1.807, 2.05) is 13.1 Å². The van der Waals surface area contributed by atoms with Crippen LogP contribution in [0.2, 0.25) is 0 Å². The molecule has 0 amide bonds. The summed E-state index contributed by atoms with van der Waals surface area (Å²) in [6.45, 7) is -0.617. The molecule has 1 aromatic rings. The number of hydrogen-bond acceptors (Lipinski definition) is 2. The maximum atomic E-state index is 12.1. The zero-order valence-electron chi connectivity index (χ0n) is 9.34. The average Bonchev–Trinajstić information content (AvgIpc) is 2.54. The number of rotatable bonds is 3. The summed E-state index contributed by atoms with van der Waals surface area (Å²) in [5.41, 5.74) is 2.30. The molecule has 0 saturated heterocycles. The van der Waals surface area contributed by atoms with E-state index in [1.165, 1.54) is 5.56 Å². The van der Waals surface area contributed by atoms with Gasteiger partial charge in [0.25, 0.3) is 0 Å². The molecule has 0 fully saturated rings. The van der Waals surface area contributed by atoms with E-state index < -0.39 is 6.61 Å². The van der Waals surface area contributed by atoms with Crippen molar-refractivity contribution >= 4 is 0 Å². The molecule has 1 aliphatic carbocycles. The quantitative estimate of drug-likeness (QED) is 0.856. The van der Waals surface area contributed by atoms with Crippen LogP contribution < -0.4 is 10.1 Å². The second kappa shape index (κ2) is 4.37.